The summed E-state index contributed by atoms with van der Waals surface area (Å²) >= 11 is 0. The molecular formula is C14H17AuF4O. The molecule has 0 aliphatic rings. The molecule has 118 valence electrons. The predicted molar refractivity (Wildman–Crippen MR) is 64.0 cm³/mol. The zero-order valence-electron chi connectivity index (χ0n) is 11.2. The van der Waals surface area contributed by atoms with Gasteiger partial charge in [-0.15, -0.1) is 6.07 Å². The third kappa shape index (κ3) is 5.85. The quantitative estimate of drug-likeness (QED) is 0.173. The molecule has 0 bridgehead atoms. The first-order valence-electron chi connectivity index (χ1n) is 6.46. The average molecular weight is 474 g/mol. The van der Waals surface area contributed by atoms with E-state index >= 15 is 0 Å². The summed E-state index contributed by atoms with van der Waals surface area (Å²) in [5.41, 5.74) is 0. The van der Waals surface area contributed by atoms with Gasteiger partial charge in [0.1, 0.15) is 0 Å². The van der Waals surface area contributed by atoms with Gasteiger partial charge >= 0.3 is 22.4 Å². The largest absolute Gasteiger partial charge is 1.00 e. The Hall–Kier alpha value is -0.520. The Morgan fingerprint density at radius 3 is 1.90 bits per heavy atom. The fourth-order valence-electron chi connectivity index (χ4n) is 1.69. The minimum atomic E-state index is -1.57. The Kier molecular flexibility index (Phi) is 9.98. The fraction of sp³-hybridized carbons (Fsp3) is 0.571. The van der Waals surface area contributed by atoms with Gasteiger partial charge in [0.05, 0.1) is 35.6 Å². The summed E-state index contributed by atoms with van der Waals surface area (Å²) in [5, 5.41) is 0. The second-order valence-electron chi connectivity index (χ2n) is 4.33. The molecule has 0 N–H and O–H groups in total. The molecule has 0 aliphatic heterocycles. The number of unbranched alkanes of at least 4 members (excludes halogenated alkanes) is 5. The molecule has 0 unspecified atom stereocenters. The van der Waals surface area contributed by atoms with Crippen LogP contribution in [-0.2, 0) is 22.4 Å². The molecule has 0 spiro atoms. The van der Waals surface area contributed by atoms with E-state index in [0.29, 0.717) is 6.42 Å². The molecule has 0 saturated heterocycles. The Labute approximate surface area is 132 Å². The van der Waals surface area contributed by atoms with Crippen LogP contribution >= 0.6 is 0 Å². The topological polar surface area (TPSA) is 9.23 Å². The van der Waals surface area contributed by atoms with E-state index in [1.165, 1.54) is 6.07 Å². The van der Waals surface area contributed by atoms with Crippen molar-refractivity contribution in [2.24, 2.45) is 0 Å². The van der Waals surface area contributed by atoms with E-state index in [4.69, 9.17) is 4.74 Å². The molecule has 0 amide bonds. The number of benzene rings is 1. The minimum Gasteiger partial charge on any atom is -0.513 e. The summed E-state index contributed by atoms with van der Waals surface area (Å²) in [5.74, 6) is -7.22. The van der Waals surface area contributed by atoms with Gasteiger partial charge in [0.25, 0.3) is 0 Å². The van der Waals surface area contributed by atoms with E-state index in [1.807, 2.05) is 0 Å². The van der Waals surface area contributed by atoms with Crippen molar-refractivity contribution in [2.45, 2.75) is 45.4 Å². The molecule has 20 heavy (non-hydrogen) atoms. The molecule has 0 radical (unpaired) electrons. The zero-order valence-corrected chi connectivity index (χ0v) is 13.3. The fourth-order valence-corrected chi connectivity index (χ4v) is 1.69. The van der Waals surface area contributed by atoms with Crippen LogP contribution in [0.1, 0.15) is 45.4 Å². The van der Waals surface area contributed by atoms with Gasteiger partial charge in [-0.25, -0.2) is 8.78 Å². The van der Waals surface area contributed by atoms with Gasteiger partial charge < -0.3 is 4.74 Å². The minimum absolute atomic E-state index is 0. The van der Waals surface area contributed by atoms with Gasteiger partial charge in [0.15, 0.2) is 0 Å². The van der Waals surface area contributed by atoms with E-state index < -0.39 is 29.0 Å². The Morgan fingerprint density at radius 1 is 0.850 bits per heavy atom. The average Bonchev–Trinajstić information content (AvgIpc) is 2.39. The molecule has 0 saturated carbocycles. The summed E-state index contributed by atoms with van der Waals surface area (Å²) in [6.07, 6.45) is 5.83. The third-order valence-corrected chi connectivity index (χ3v) is 2.75. The van der Waals surface area contributed by atoms with Crippen LogP contribution in [0, 0.1) is 29.3 Å². The summed E-state index contributed by atoms with van der Waals surface area (Å²) in [4.78, 5) is 0. The number of hydrogen-bond acceptors (Lipinski definition) is 1. The molecule has 0 aromatic heterocycles. The Bertz CT molecular complexity index is 386. The first-order valence-corrected chi connectivity index (χ1v) is 6.46. The van der Waals surface area contributed by atoms with Crippen molar-refractivity contribution in [1.82, 2.24) is 0 Å². The van der Waals surface area contributed by atoms with Crippen molar-refractivity contribution in [1.29, 1.82) is 0 Å². The second kappa shape index (κ2) is 10.2. The van der Waals surface area contributed by atoms with Crippen LogP contribution < -0.4 is 4.74 Å². The maximum atomic E-state index is 13.2. The van der Waals surface area contributed by atoms with Crippen LogP contribution in [0.15, 0.2) is 0 Å². The van der Waals surface area contributed by atoms with Crippen molar-refractivity contribution in [3.8, 4) is 5.75 Å². The van der Waals surface area contributed by atoms with Crippen molar-refractivity contribution in [2.75, 3.05) is 6.61 Å². The van der Waals surface area contributed by atoms with E-state index in [0.717, 1.165) is 32.1 Å². The summed E-state index contributed by atoms with van der Waals surface area (Å²) < 4.78 is 56.8. The molecule has 0 fully saturated rings. The first kappa shape index (κ1) is 19.5. The van der Waals surface area contributed by atoms with Gasteiger partial charge in [-0.1, -0.05) is 39.0 Å². The molecule has 1 aromatic rings. The van der Waals surface area contributed by atoms with E-state index in [1.54, 1.807) is 0 Å². The smallest absolute Gasteiger partial charge is 0.513 e. The molecule has 6 heteroatoms. The van der Waals surface area contributed by atoms with Gasteiger partial charge in [0.2, 0.25) is 0 Å². The Balaban J connectivity index is 0.00000361. The number of rotatable bonds is 8. The summed E-state index contributed by atoms with van der Waals surface area (Å²) in [6.45, 7) is 2.13. The van der Waals surface area contributed by atoms with Crippen LogP contribution in [0.2, 0.25) is 0 Å². The molecule has 1 aromatic carbocycles. The van der Waals surface area contributed by atoms with Crippen LogP contribution in [0.3, 0.4) is 0 Å². The van der Waals surface area contributed by atoms with Gasteiger partial charge in [-0.3, -0.25) is 8.78 Å². The van der Waals surface area contributed by atoms with Crippen molar-refractivity contribution in [3.63, 3.8) is 0 Å². The van der Waals surface area contributed by atoms with E-state index in [-0.39, 0.29) is 29.0 Å². The summed E-state index contributed by atoms with van der Waals surface area (Å²) in [7, 11) is 0. The van der Waals surface area contributed by atoms with E-state index in [9.17, 15) is 17.6 Å². The van der Waals surface area contributed by atoms with Crippen LogP contribution in [-0.4, -0.2) is 6.61 Å². The molecule has 1 rings (SSSR count). The van der Waals surface area contributed by atoms with E-state index in [2.05, 4.69) is 6.92 Å². The maximum Gasteiger partial charge on any atom is 1.00 e. The third-order valence-electron chi connectivity index (χ3n) is 2.75. The van der Waals surface area contributed by atoms with Crippen molar-refractivity contribution in [3.05, 3.63) is 29.3 Å². The second-order valence-corrected chi connectivity index (χ2v) is 4.33. The SMILES string of the molecule is CCCCCCCCOc1c(F)c(F)[c-]c(F)c1F.[Au+]. The number of ether oxygens (including phenoxy) is 1. The molecular weight excluding hydrogens is 457 g/mol. The van der Waals surface area contributed by atoms with Crippen molar-refractivity contribution < 1.29 is 44.7 Å². The molecule has 0 heterocycles. The van der Waals surface area contributed by atoms with Gasteiger partial charge in [0, 0.05) is 0 Å². The predicted octanol–water partition coefficient (Wildman–Crippen LogP) is 4.78. The standard InChI is InChI=1S/C14H17F4O.Au/c1-2-3-4-5-6-7-8-19-14-12(17)10(15)9-11(16)13(14)18;/h2-8H2,1H3;/q-1;+1. The van der Waals surface area contributed by atoms with Gasteiger partial charge in [-0.05, 0) is 6.42 Å². The maximum absolute atomic E-state index is 13.2. The van der Waals surface area contributed by atoms with Crippen molar-refractivity contribution >= 4 is 0 Å². The normalized spacial score (nSPS) is 10.2. The zero-order chi connectivity index (χ0) is 14.3. The number of halogens is 4. The molecule has 0 atom stereocenters. The summed E-state index contributed by atoms with van der Waals surface area (Å²) in [6, 6.07) is 1.31. The monoisotopic (exact) mass is 474 g/mol. The van der Waals surface area contributed by atoms with Crippen LogP contribution in [0.4, 0.5) is 17.6 Å². The molecule has 1 nitrogen and oxygen atoms in total. The van der Waals surface area contributed by atoms with Gasteiger partial charge in [-0.2, -0.15) is 0 Å². The molecule has 0 aliphatic carbocycles. The van der Waals surface area contributed by atoms with Crippen LogP contribution in [0.5, 0.6) is 5.75 Å². The number of hydrogen-bond donors (Lipinski definition) is 0. The Morgan fingerprint density at radius 2 is 1.35 bits per heavy atom. The first-order chi connectivity index (χ1) is 9.07. The van der Waals surface area contributed by atoms with Crippen LogP contribution in [0.25, 0.3) is 0 Å².